The molecule has 0 aliphatic rings. The van der Waals surface area contributed by atoms with Crippen LogP contribution in [0.4, 0.5) is 0 Å². The molecule has 0 saturated heterocycles. The summed E-state index contributed by atoms with van der Waals surface area (Å²) in [6, 6.07) is 4.76. The van der Waals surface area contributed by atoms with Crippen molar-refractivity contribution in [3.8, 4) is 0 Å². The first-order valence-corrected chi connectivity index (χ1v) is 5.19. The summed E-state index contributed by atoms with van der Waals surface area (Å²) >= 11 is 11.8. The molecule has 1 rings (SSSR count). The van der Waals surface area contributed by atoms with Crippen LogP contribution >= 0.6 is 23.2 Å². The first-order valence-electron chi connectivity index (χ1n) is 4.43. The van der Waals surface area contributed by atoms with Crippen molar-refractivity contribution in [2.45, 2.75) is 18.9 Å². The lowest BCUT2D eigenvalue weighted by Crippen LogP contribution is -2.12. The van der Waals surface area contributed by atoms with Gasteiger partial charge in [-0.2, -0.15) is 0 Å². The van der Waals surface area contributed by atoms with Crippen LogP contribution in [-0.2, 0) is 4.79 Å². The Hall–Kier alpha value is -0.770. The number of carboxylic acid groups (broad SMARTS) is 1. The number of nitrogens with two attached hydrogens (primary N) is 1. The van der Waals surface area contributed by atoms with Crippen molar-refractivity contribution in [3.63, 3.8) is 0 Å². The summed E-state index contributed by atoms with van der Waals surface area (Å²) in [5.74, 6) is -0.872. The Kier molecular flexibility index (Phi) is 4.39. The zero-order valence-corrected chi connectivity index (χ0v) is 9.42. The van der Waals surface area contributed by atoms with Crippen molar-refractivity contribution in [1.82, 2.24) is 0 Å². The third-order valence-corrected chi connectivity index (χ3v) is 2.88. The largest absolute Gasteiger partial charge is 0.481 e. The van der Waals surface area contributed by atoms with E-state index in [4.69, 9.17) is 34.0 Å². The van der Waals surface area contributed by atoms with Crippen LogP contribution in [0.2, 0.25) is 10.0 Å². The molecule has 1 unspecified atom stereocenters. The SMILES string of the molecule is NC(CCC(=O)O)c1cccc(Cl)c1Cl. The second kappa shape index (κ2) is 5.35. The predicted molar refractivity (Wildman–Crippen MR) is 60.3 cm³/mol. The Balaban J connectivity index is 2.77. The Morgan fingerprint density at radius 2 is 2.13 bits per heavy atom. The van der Waals surface area contributed by atoms with E-state index in [1.807, 2.05) is 0 Å². The Bertz CT molecular complexity index is 368. The van der Waals surface area contributed by atoms with Gasteiger partial charge in [-0.1, -0.05) is 35.3 Å². The van der Waals surface area contributed by atoms with Crippen LogP contribution in [0.15, 0.2) is 18.2 Å². The minimum absolute atomic E-state index is 0.0179. The third-order valence-electron chi connectivity index (χ3n) is 2.05. The van der Waals surface area contributed by atoms with Crippen LogP contribution in [0.1, 0.15) is 24.4 Å². The van der Waals surface area contributed by atoms with Gasteiger partial charge in [-0.05, 0) is 18.1 Å². The fraction of sp³-hybridized carbons (Fsp3) is 0.300. The quantitative estimate of drug-likeness (QED) is 0.861. The standard InChI is InChI=1S/C10H11Cl2NO2/c11-7-3-1-2-6(10(7)12)8(13)4-5-9(14)15/h1-3,8H,4-5,13H2,(H,14,15). The van der Waals surface area contributed by atoms with Gasteiger partial charge in [0, 0.05) is 12.5 Å². The molecule has 3 N–H and O–H groups in total. The summed E-state index contributed by atoms with van der Waals surface area (Å²) in [7, 11) is 0. The molecule has 0 heterocycles. The van der Waals surface area contributed by atoms with Gasteiger partial charge in [-0.25, -0.2) is 0 Å². The van der Waals surface area contributed by atoms with E-state index < -0.39 is 12.0 Å². The van der Waals surface area contributed by atoms with Gasteiger partial charge in [0.2, 0.25) is 0 Å². The first-order chi connectivity index (χ1) is 7.02. The van der Waals surface area contributed by atoms with Gasteiger partial charge in [-0.3, -0.25) is 4.79 Å². The summed E-state index contributed by atoms with van der Waals surface area (Å²) < 4.78 is 0. The summed E-state index contributed by atoms with van der Waals surface area (Å²) in [4.78, 5) is 10.4. The van der Waals surface area contributed by atoms with E-state index in [1.165, 1.54) is 0 Å². The molecule has 1 aromatic carbocycles. The monoisotopic (exact) mass is 247 g/mol. The summed E-state index contributed by atoms with van der Waals surface area (Å²) in [5, 5.41) is 9.35. The summed E-state index contributed by atoms with van der Waals surface area (Å²) in [6.45, 7) is 0. The van der Waals surface area contributed by atoms with E-state index in [0.29, 0.717) is 22.0 Å². The molecule has 15 heavy (non-hydrogen) atoms. The van der Waals surface area contributed by atoms with Crippen LogP contribution < -0.4 is 5.73 Å². The van der Waals surface area contributed by atoms with Crippen molar-refractivity contribution >= 4 is 29.2 Å². The van der Waals surface area contributed by atoms with Gasteiger partial charge in [0.05, 0.1) is 10.0 Å². The normalized spacial score (nSPS) is 12.5. The van der Waals surface area contributed by atoms with Crippen LogP contribution in [0.5, 0.6) is 0 Å². The van der Waals surface area contributed by atoms with Crippen molar-refractivity contribution in [1.29, 1.82) is 0 Å². The zero-order chi connectivity index (χ0) is 11.4. The van der Waals surface area contributed by atoms with Gasteiger partial charge in [0.25, 0.3) is 0 Å². The van der Waals surface area contributed by atoms with Crippen LogP contribution in [0.25, 0.3) is 0 Å². The molecule has 0 bridgehead atoms. The molecular formula is C10H11Cl2NO2. The van der Waals surface area contributed by atoms with Gasteiger partial charge in [-0.15, -0.1) is 0 Å². The second-order valence-electron chi connectivity index (χ2n) is 3.18. The summed E-state index contributed by atoms with van der Waals surface area (Å²) in [5.41, 5.74) is 6.49. The van der Waals surface area contributed by atoms with E-state index in [1.54, 1.807) is 18.2 Å². The maximum Gasteiger partial charge on any atom is 0.303 e. The van der Waals surface area contributed by atoms with E-state index in [2.05, 4.69) is 0 Å². The van der Waals surface area contributed by atoms with E-state index in [0.717, 1.165) is 0 Å². The molecule has 3 nitrogen and oxygen atoms in total. The van der Waals surface area contributed by atoms with Crippen LogP contribution in [-0.4, -0.2) is 11.1 Å². The number of hydrogen-bond acceptors (Lipinski definition) is 2. The van der Waals surface area contributed by atoms with E-state index in [-0.39, 0.29) is 6.42 Å². The van der Waals surface area contributed by atoms with Gasteiger partial charge in [0.1, 0.15) is 0 Å². The number of rotatable bonds is 4. The fourth-order valence-electron chi connectivity index (χ4n) is 1.24. The highest BCUT2D eigenvalue weighted by Gasteiger charge is 2.13. The molecule has 1 aromatic rings. The number of benzene rings is 1. The van der Waals surface area contributed by atoms with Gasteiger partial charge < -0.3 is 10.8 Å². The molecule has 0 amide bonds. The predicted octanol–water partition coefficient (Wildman–Crippen LogP) is 2.86. The minimum Gasteiger partial charge on any atom is -0.481 e. The van der Waals surface area contributed by atoms with Gasteiger partial charge in [0.15, 0.2) is 0 Å². The molecule has 0 spiro atoms. The average Bonchev–Trinajstić information content (AvgIpc) is 2.18. The van der Waals surface area contributed by atoms with Crippen molar-refractivity contribution < 1.29 is 9.90 Å². The molecular weight excluding hydrogens is 237 g/mol. The molecule has 0 saturated carbocycles. The van der Waals surface area contributed by atoms with Crippen molar-refractivity contribution in [3.05, 3.63) is 33.8 Å². The second-order valence-corrected chi connectivity index (χ2v) is 3.97. The molecule has 0 radical (unpaired) electrons. The Morgan fingerprint density at radius 3 is 2.73 bits per heavy atom. The van der Waals surface area contributed by atoms with Gasteiger partial charge >= 0.3 is 5.97 Å². The lowest BCUT2D eigenvalue weighted by atomic mass is 10.0. The third kappa shape index (κ3) is 3.38. The highest BCUT2D eigenvalue weighted by atomic mass is 35.5. The van der Waals surface area contributed by atoms with Crippen molar-refractivity contribution in [2.75, 3.05) is 0 Å². The number of carbonyl (C=O) groups is 1. The van der Waals surface area contributed by atoms with E-state index >= 15 is 0 Å². The molecule has 82 valence electrons. The number of aliphatic carboxylic acids is 1. The zero-order valence-electron chi connectivity index (χ0n) is 7.91. The lowest BCUT2D eigenvalue weighted by molar-refractivity contribution is -0.137. The summed E-state index contributed by atoms with van der Waals surface area (Å²) in [6.07, 6.45) is 0.361. The smallest absolute Gasteiger partial charge is 0.303 e. The number of carboxylic acids is 1. The molecule has 0 aromatic heterocycles. The molecule has 0 fully saturated rings. The fourth-order valence-corrected chi connectivity index (χ4v) is 1.69. The molecule has 5 heteroatoms. The van der Waals surface area contributed by atoms with Crippen LogP contribution in [0.3, 0.4) is 0 Å². The first kappa shape index (κ1) is 12.3. The Morgan fingerprint density at radius 1 is 1.47 bits per heavy atom. The topological polar surface area (TPSA) is 63.3 Å². The maximum absolute atomic E-state index is 10.4. The van der Waals surface area contributed by atoms with E-state index in [9.17, 15) is 4.79 Å². The highest BCUT2D eigenvalue weighted by Crippen LogP contribution is 2.30. The molecule has 1 atom stereocenters. The number of hydrogen-bond donors (Lipinski definition) is 2. The Labute approximate surface area is 97.8 Å². The minimum atomic E-state index is -0.872. The van der Waals surface area contributed by atoms with Crippen molar-refractivity contribution in [2.24, 2.45) is 5.73 Å². The van der Waals surface area contributed by atoms with Crippen LogP contribution in [0, 0.1) is 0 Å². The molecule has 0 aliphatic heterocycles. The lowest BCUT2D eigenvalue weighted by Gasteiger charge is -2.13. The highest BCUT2D eigenvalue weighted by molar-refractivity contribution is 6.42. The average molecular weight is 248 g/mol. The maximum atomic E-state index is 10.4. The number of halogens is 2. The molecule has 0 aliphatic carbocycles.